The van der Waals surface area contributed by atoms with Crippen LogP contribution in [0, 0.1) is 23.3 Å². The molecule has 2 heterocycles. The molecule has 4 nitrogen and oxygen atoms in total. The summed E-state index contributed by atoms with van der Waals surface area (Å²) in [6, 6.07) is 13.2. The highest BCUT2D eigenvalue weighted by Gasteiger charge is 2.46. The van der Waals surface area contributed by atoms with Crippen molar-refractivity contribution < 1.29 is 22.4 Å². The predicted molar refractivity (Wildman–Crippen MR) is 122 cm³/mol. The van der Waals surface area contributed by atoms with Crippen LogP contribution in [-0.4, -0.2) is 30.6 Å². The van der Waals surface area contributed by atoms with Crippen LogP contribution in [0.4, 0.5) is 33.7 Å². The van der Waals surface area contributed by atoms with Gasteiger partial charge < -0.3 is 5.32 Å². The molecule has 5 rings (SSSR count). The molecule has 0 bridgehead atoms. The Balaban J connectivity index is 1.34. The van der Waals surface area contributed by atoms with Gasteiger partial charge in [-0.25, -0.2) is 22.4 Å². The van der Waals surface area contributed by atoms with Gasteiger partial charge in [-0.2, -0.15) is 0 Å². The number of hydrogen-bond acceptors (Lipinski definition) is 2. The Morgan fingerprint density at radius 2 is 1.50 bits per heavy atom. The molecule has 0 saturated carbocycles. The third-order valence-corrected chi connectivity index (χ3v) is 6.83. The second-order valence-corrected chi connectivity index (χ2v) is 8.98. The third-order valence-electron chi connectivity index (χ3n) is 6.83. The van der Waals surface area contributed by atoms with Gasteiger partial charge in [-0.1, -0.05) is 12.1 Å². The lowest BCUT2D eigenvalue weighted by molar-refractivity contribution is 0.160. The highest BCUT2D eigenvalue weighted by molar-refractivity contribution is 6.03. The number of urea groups is 1. The molecule has 1 spiro atoms. The average molecular weight is 469 g/mol. The fraction of sp³-hybridized carbons (Fsp3) is 0.269. The van der Waals surface area contributed by atoms with E-state index in [1.807, 2.05) is 0 Å². The molecule has 34 heavy (non-hydrogen) atoms. The molecule has 0 atom stereocenters. The van der Waals surface area contributed by atoms with Crippen LogP contribution in [0.15, 0.2) is 60.7 Å². The van der Waals surface area contributed by atoms with Crippen LogP contribution in [-0.2, 0) is 12.0 Å². The number of fused-ring (bicyclic) bond motifs is 2. The van der Waals surface area contributed by atoms with Crippen LogP contribution in [0.25, 0.3) is 0 Å². The van der Waals surface area contributed by atoms with Crippen molar-refractivity contribution in [3.63, 3.8) is 0 Å². The van der Waals surface area contributed by atoms with Crippen molar-refractivity contribution in [1.29, 1.82) is 0 Å². The van der Waals surface area contributed by atoms with Crippen molar-refractivity contribution in [3.8, 4) is 0 Å². The van der Waals surface area contributed by atoms with Gasteiger partial charge in [0.1, 0.15) is 23.3 Å². The maximum Gasteiger partial charge on any atom is 0.326 e. The molecule has 8 heteroatoms. The van der Waals surface area contributed by atoms with Crippen molar-refractivity contribution >= 4 is 17.4 Å². The van der Waals surface area contributed by atoms with Gasteiger partial charge in [-0.05, 0) is 79.5 Å². The highest BCUT2D eigenvalue weighted by atomic mass is 19.1. The summed E-state index contributed by atoms with van der Waals surface area (Å²) in [6.45, 7) is 2.48. The first-order valence-electron chi connectivity index (χ1n) is 11.1. The summed E-state index contributed by atoms with van der Waals surface area (Å²) in [4.78, 5) is 16.8. The SMILES string of the molecule is O=C(Nc1ccc(F)cc1F)N1CC2(CCN(Cc3ccc(F)cc3)CC2)c2cc(F)ccc21. The fourth-order valence-electron chi connectivity index (χ4n) is 5.01. The molecule has 3 aromatic carbocycles. The summed E-state index contributed by atoms with van der Waals surface area (Å²) in [5, 5.41) is 2.51. The number of carbonyl (C=O) groups is 1. The average Bonchev–Trinajstić information content (AvgIpc) is 3.12. The lowest BCUT2D eigenvalue weighted by Crippen LogP contribution is -2.46. The summed E-state index contributed by atoms with van der Waals surface area (Å²) in [5.74, 6) is -2.25. The first-order valence-corrected chi connectivity index (χ1v) is 11.1. The Bertz CT molecular complexity index is 1220. The quantitative estimate of drug-likeness (QED) is 0.490. The molecular weight excluding hydrogens is 446 g/mol. The van der Waals surface area contributed by atoms with Crippen LogP contribution in [0.2, 0.25) is 0 Å². The fourth-order valence-corrected chi connectivity index (χ4v) is 5.01. The number of nitrogens with one attached hydrogen (secondary N) is 1. The first kappa shape index (κ1) is 22.4. The van der Waals surface area contributed by atoms with Gasteiger partial charge in [0.05, 0.1) is 5.69 Å². The Hall–Kier alpha value is -3.39. The van der Waals surface area contributed by atoms with Crippen LogP contribution in [0.5, 0.6) is 0 Å². The summed E-state index contributed by atoms with van der Waals surface area (Å²) >= 11 is 0. The standard InChI is InChI=1S/C26H23F4N3O/c27-18-3-1-17(2-4-18)15-32-11-9-26(10-12-32)16-33(24-8-6-19(28)13-21(24)26)25(34)31-23-7-5-20(29)14-22(23)30/h1-8,13-14H,9-12,15-16H2,(H,31,34). The number of amides is 2. The Morgan fingerprint density at radius 1 is 0.853 bits per heavy atom. The minimum absolute atomic E-state index is 0.120. The van der Waals surface area contributed by atoms with E-state index in [0.717, 1.165) is 30.3 Å². The molecule has 2 amide bonds. The van der Waals surface area contributed by atoms with E-state index < -0.39 is 23.1 Å². The molecular formula is C26H23F4N3O. The number of nitrogens with zero attached hydrogens (tertiary/aromatic N) is 2. The van der Waals surface area contributed by atoms with E-state index in [-0.39, 0.29) is 17.3 Å². The van der Waals surface area contributed by atoms with Crippen molar-refractivity contribution in [2.45, 2.75) is 24.8 Å². The Labute approximate surface area is 194 Å². The van der Waals surface area contributed by atoms with Crippen molar-refractivity contribution in [2.75, 3.05) is 29.9 Å². The zero-order valence-electron chi connectivity index (χ0n) is 18.3. The highest BCUT2D eigenvalue weighted by Crippen LogP contribution is 2.47. The number of rotatable bonds is 3. The van der Waals surface area contributed by atoms with Gasteiger partial charge in [0, 0.05) is 30.3 Å². The van der Waals surface area contributed by atoms with Gasteiger partial charge in [-0.15, -0.1) is 0 Å². The lowest BCUT2D eigenvalue weighted by Gasteiger charge is -2.40. The molecule has 0 aromatic heterocycles. The molecule has 2 aliphatic rings. The van der Waals surface area contributed by atoms with Gasteiger partial charge in [0.25, 0.3) is 0 Å². The molecule has 176 valence electrons. The van der Waals surface area contributed by atoms with E-state index in [0.29, 0.717) is 37.7 Å². The number of carbonyl (C=O) groups excluding carboxylic acids is 1. The first-order chi connectivity index (χ1) is 16.3. The molecule has 1 saturated heterocycles. The molecule has 1 N–H and O–H groups in total. The summed E-state index contributed by atoms with van der Waals surface area (Å²) < 4.78 is 54.7. The van der Waals surface area contributed by atoms with E-state index in [4.69, 9.17) is 0 Å². The second kappa shape index (κ2) is 8.76. The number of likely N-dealkylation sites (tertiary alicyclic amines) is 1. The molecule has 2 aliphatic heterocycles. The Kier molecular flexibility index (Phi) is 5.77. The van der Waals surface area contributed by atoms with Gasteiger partial charge in [-0.3, -0.25) is 9.80 Å². The van der Waals surface area contributed by atoms with Crippen LogP contribution >= 0.6 is 0 Å². The van der Waals surface area contributed by atoms with Gasteiger partial charge in [0.15, 0.2) is 0 Å². The maximum atomic E-state index is 14.2. The van der Waals surface area contributed by atoms with E-state index in [9.17, 15) is 22.4 Å². The van der Waals surface area contributed by atoms with Crippen LogP contribution in [0.1, 0.15) is 24.0 Å². The lowest BCUT2D eigenvalue weighted by atomic mass is 9.74. The number of benzene rings is 3. The van der Waals surface area contributed by atoms with E-state index >= 15 is 0 Å². The van der Waals surface area contributed by atoms with Crippen LogP contribution in [0.3, 0.4) is 0 Å². The second-order valence-electron chi connectivity index (χ2n) is 8.98. The molecule has 0 radical (unpaired) electrons. The molecule has 1 fully saturated rings. The van der Waals surface area contributed by atoms with Crippen molar-refractivity contribution in [3.05, 3.63) is 95.1 Å². The topological polar surface area (TPSA) is 35.6 Å². The predicted octanol–water partition coefficient (Wildman–Crippen LogP) is 5.83. The number of hydrogen-bond donors (Lipinski definition) is 1. The van der Waals surface area contributed by atoms with E-state index in [2.05, 4.69) is 10.2 Å². The Morgan fingerprint density at radius 3 is 2.21 bits per heavy atom. The van der Waals surface area contributed by atoms with Crippen LogP contribution < -0.4 is 10.2 Å². The largest absolute Gasteiger partial charge is 0.326 e. The summed E-state index contributed by atoms with van der Waals surface area (Å²) in [7, 11) is 0. The summed E-state index contributed by atoms with van der Waals surface area (Å²) in [5.41, 5.74) is 1.83. The normalized spacial score (nSPS) is 17.1. The van der Waals surface area contributed by atoms with Crippen molar-refractivity contribution in [1.82, 2.24) is 4.90 Å². The maximum absolute atomic E-state index is 14.2. The third kappa shape index (κ3) is 4.25. The van der Waals surface area contributed by atoms with E-state index in [1.165, 1.54) is 35.2 Å². The minimum atomic E-state index is -0.865. The molecule has 3 aromatic rings. The molecule has 0 aliphatic carbocycles. The smallest absolute Gasteiger partial charge is 0.305 e. The van der Waals surface area contributed by atoms with Gasteiger partial charge >= 0.3 is 6.03 Å². The number of halogens is 4. The number of anilines is 2. The van der Waals surface area contributed by atoms with Gasteiger partial charge in [0.2, 0.25) is 0 Å². The zero-order chi connectivity index (χ0) is 23.9. The van der Waals surface area contributed by atoms with Crippen molar-refractivity contribution in [2.24, 2.45) is 0 Å². The molecule has 0 unspecified atom stereocenters. The summed E-state index contributed by atoms with van der Waals surface area (Å²) in [6.07, 6.45) is 1.42. The monoisotopic (exact) mass is 469 g/mol. The number of piperidine rings is 1. The minimum Gasteiger partial charge on any atom is -0.305 e. The van der Waals surface area contributed by atoms with E-state index in [1.54, 1.807) is 18.2 Å². The zero-order valence-corrected chi connectivity index (χ0v) is 18.3.